The van der Waals surface area contributed by atoms with Gasteiger partial charge in [-0.3, -0.25) is 4.99 Å². The molecule has 22 heavy (non-hydrogen) atoms. The van der Waals surface area contributed by atoms with Gasteiger partial charge in [-0.25, -0.2) is 0 Å². The minimum atomic E-state index is 0.638. The molecule has 2 nitrogen and oxygen atoms in total. The molecule has 1 heterocycles. The fourth-order valence-corrected chi connectivity index (χ4v) is 4.09. The molecule has 1 aliphatic carbocycles. The number of hydrogen-bond acceptors (Lipinski definition) is 2. The van der Waals surface area contributed by atoms with E-state index in [4.69, 9.17) is 9.73 Å². The fourth-order valence-electron chi connectivity index (χ4n) is 4.09. The summed E-state index contributed by atoms with van der Waals surface area (Å²) in [6.07, 6.45) is 16.5. The summed E-state index contributed by atoms with van der Waals surface area (Å²) in [7, 11) is 0. The van der Waals surface area contributed by atoms with Crippen molar-refractivity contribution in [3.8, 4) is 0 Å². The van der Waals surface area contributed by atoms with Crippen LogP contribution in [0.4, 0.5) is 0 Å². The molecule has 0 amide bonds. The lowest BCUT2D eigenvalue weighted by Gasteiger charge is -2.31. The third-order valence-corrected chi connectivity index (χ3v) is 5.58. The highest BCUT2D eigenvalue weighted by molar-refractivity contribution is 5.79. The maximum Gasteiger partial charge on any atom is 0.186 e. The first kappa shape index (κ1) is 17.8. The predicted molar refractivity (Wildman–Crippen MR) is 95.5 cm³/mol. The van der Waals surface area contributed by atoms with Crippen LogP contribution in [0.3, 0.4) is 0 Å². The third kappa shape index (κ3) is 5.93. The molecule has 1 saturated carbocycles. The van der Waals surface area contributed by atoms with Gasteiger partial charge in [0.15, 0.2) is 5.90 Å². The second-order valence-corrected chi connectivity index (χ2v) is 7.57. The molecule has 1 atom stereocenters. The van der Waals surface area contributed by atoms with E-state index in [1.54, 1.807) is 0 Å². The minimum absolute atomic E-state index is 0.638. The molecule has 2 rings (SSSR count). The van der Waals surface area contributed by atoms with Gasteiger partial charge in [0.25, 0.3) is 0 Å². The van der Waals surface area contributed by atoms with E-state index in [0.29, 0.717) is 11.8 Å². The Morgan fingerprint density at radius 2 is 1.64 bits per heavy atom. The van der Waals surface area contributed by atoms with Gasteiger partial charge in [-0.1, -0.05) is 58.8 Å². The Morgan fingerprint density at radius 3 is 2.27 bits per heavy atom. The van der Waals surface area contributed by atoms with Crippen LogP contribution in [-0.2, 0) is 4.74 Å². The van der Waals surface area contributed by atoms with Crippen molar-refractivity contribution in [3.05, 3.63) is 0 Å². The molecule has 128 valence electrons. The zero-order valence-electron chi connectivity index (χ0n) is 15.0. The quantitative estimate of drug-likeness (QED) is 0.479. The Labute approximate surface area is 138 Å². The molecule has 0 aromatic rings. The standard InChI is InChI=1S/C20H37NO/c1-3-5-6-7-8-10-17-11-13-19(14-12-17)20-21-15-18(9-4-2)16-22-20/h17-19H,3-16H2,1-2H3. The first-order valence-corrected chi connectivity index (χ1v) is 10.0. The number of unbranched alkanes of at least 4 members (excludes halogenated alkanes) is 4. The first-order valence-electron chi connectivity index (χ1n) is 10.0. The zero-order valence-corrected chi connectivity index (χ0v) is 15.0. The van der Waals surface area contributed by atoms with Crippen LogP contribution in [0.1, 0.15) is 90.9 Å². The summed E-state index contributed by atoms with van der Waals surface area (Å²) < 4.78 is 5.99. The van der Waals surface area contributed by atoms with Crippen molar-refractivity contribution in [2.75, 3.05) is 13.2 Å². The second kappa shape index (κ2) is 10.3. The van der Waals surface area contributed by atoms with Crippen LogP contribution in [0.2, 0.25) is 0 Å². The SMILES string of the molecule is CCCCCCCC1CCC(C2=NCC(CCC)CO2)CC1. The summed E-state index contributed by atoms with van der Waals surface area (Å²) in [5.74, 6) is 3.40. The van der Waals surface area contributed by atoms with Gasteiger partial charge in [-0.15, -0.1) is 0 Å². The largest absolute Gasteiger partial charge is 0.480 e. The molecule has 0 bridgehead atoms. The maximum atomic E-state index is 5.99. The molecule has 0 saturated heterocycles. The van der Waals surface area contributed by atoms with E-state index in [2.05, 4.69) is 13.8 Å². The van der Waals surface area contributed by atoms with Gasteiger partial charge in [-0.05, 0) is 38.0 Å². The van der Waals surface area contributed by atoms with Crippen LogP contribution in [-0.4, -0.2) is 19.0 Å². The molecule has 0 radical (unpaired) electrons. The number of hydrogen-bond donors (Lipinski definition) is 0. The molecule has 2 aliphatic rings. The van der Waals surface area contributed by atoms with E-state index in [0.717, 1.165) is 25.0 Å². The van der Waals surface area contributed by atoms with Crippen molar-refractivity contribution in [1.82, 2.24) is 0 Å². The van der Waals surface area contributed by atoms with Gasteiger partial charge >= 0.3 is 0 Å². The van der Waals surface area contributed by atoms with E-state index >= 15 is 0 Å². The summed E-state index contributed by atoms with van der Waals surface area (Å²) in [5, 5.41) is 0. The minimum Gasteiger partial charge on any atom is -0.480 e. The van der Waals surface area contributed by atoms with Gasteiger partial charge < -0.3 is 4.74 Å². The van der Waals surface area contributed by atoms with E-state index in [1.807, 2.05) is 0 Å². The molecule has 1 unspecified atom stereocenters. The summed E-state index contributed by atoms with van der Waals surface area (Å²) in [6, 6.07) is 0. The molecule has 2 heteroatoms. The van der Waals surface area contributed by atoms with Crippen molar-refractivity contribution < 1.29 is 4.74 Å². The predicted octanol–water partition coefficient (Wildman–Crippen LogP) is 6.00. The van der Waals surface area contributed by atoms with E-state index in [9.17, 15) is 0 Å². The summed E-state index contributed by atoms with van der Waals surface area (Å²) in [5.41, 5.74) is 0. The van der Waals surface area contributed by atoms with Crippen LogP contribution in [0.25, 0.3) is 0 Å². The second-order valence-electron chi connectivity index (χ2n) is 7.57. The van der Waals surface area contributed by atoms with Crippen molar-refractivity contribution in [2.24, 2.45) is 22.7 Å². The monoisotopic (exact) mass is 307 g/mol. The average Bonchev–Trinajstić information content (AvgIpc) is 2.56. The molecule has 0 spiro atoms. The molecule has 0 aromatic carbocycles. The third-order valence-electron chi connectivity index (χ3n) is 5.58. The Bertz CT molecular complexity index is 318. The summed E-state index contributed by atoms with van der Waals surface area (Å²) in [4.78, 5) is 4.77. The fraction of sp³-hybridized carbons (Fsp3) is 0.950. The lowest BCUT2D eigenvalue weighted by Crippen LogP contribution is -2.30. The first-order chi connectivity index (χ1) is 10.8. The van der Waals surface area contributed by atoms with Crippen molar-refractivity contribution in [3.63, 3.8) is 0 Å². The Kier molecular flexibility index (Phi) is 8.33. The van der Waals surface area contributed by atoms with E-state index < -0.39 is 0 Å². The van der Waals surface area contributed by atoms with Crippen molar-refractivity contribution >= 4 is 5.90 Å². The van der Waals surface area contributed by atoms with Gasteiger partial charge in [0.2, 0.25) is 0 Å². The Morgan fingerprint density at radius 1 is 0.864 bits per heavy atom. The molecular weight excluding hydrogens is 270 g/mol. The number of aliphatic imine (C=N–C) groups is 1. The lowest BCUT2D eigenvalue weighted by atomic mass is 9.79. The van der Waals surface area contributed by atoms with Gasteiger partial charge in [0, 0.05) is 18.4 Å². The van der Waals surface area contributed by atoms with Crippen LogP contribution in [0.15, 0.2) is 4.99 Å². The Hall–Kier alpha value is -0.530. The normalized spacial score (nSPS) is 29.0. The number of ether oxygens (including phenoxy) is 1. The Balaban J connectivity index is 1.61. The van der Waals surface area contributed by atoms with E-state index in [1.165, 1.54) is 77.0 Å². The molecule has 0 aromatic heterocycles. The molecular formula is C20H37NO. The summed E-state index contributed by atoms with van der Waals surface area (Å²) >= 11 is 0. The summed E-state index contributed by atoms with van der Waals surface area (Å²) in [6.45, 7) is 6.48. The van der Waals surface area contributed by atoms with Crippen LogP contribution >= 0.6 is 0 Å². The molecule has 1 aliphatic heterocycles. The van der Waals surface area contributed by atoms with Gasteiger partial charge in [-0.2, -0.15) is 0 Å². The van der Waals surface area contributed by atoms with Crippen molar-refractivity contribution in [2.45, 2.75) is 90.9 Å². The molecule has 1 fully saturated rings. The van der Waals surface area contributed by atoms with E-state index in [-0.39, 0.29) is 0 Å². The highest BCUT2D eigenvalue weighted by atomic mass is 16.5. The van der Waals surface area contributed by atoms with Crippen LogP contribution < -0.4 is 0 Å². The van der Waals surface area contributed by atoms with Crippen LogP contribution in [0, 0.1) is 17.8 Å². The average molecular weight is 308 g/mol. The maximum absolute atomic E-state index is 5.99. The molecule has 0 N–H and O–H groups in total. The zero-order chi connectivity index (χ0) is 15.6. The van der Waals surface area contributed by atoms with Gasteiger partial charge in [0.05, 0.1) is 6.61 Å². The van der Waals surface area contributed by atoms with Crippen LogP contribution in [0.5, 0.6) is 0 Å². The lowest BCUT2D eigenvalue weighted by molar-refractivity contribution is 0.180. The van der Waals surface area contributed by atoms with Crippen molar-refractivity contribution in [1.29, 1.82) is 0 Å². The topological polar surface area (TPSA) is 21.6 Å². The highest BCUT2D eigenvalue weighted by Gasteiger charge is 2.28. The smallest absolute Gasteiger partial charge is 0.186 e. The number of rotatable bonds is 9. The highest BCUT2D eigenvalue weighted by Crippen LogP contribution is 2.34. The van der Waals surface area contributed by atoms with Gasteiger partial charge in [0.1, 0.15) is 0 Å². The number of nitrogens with zero attached hydrogens (tertiary/aromatic N) is 1.